The van der Waals surface area contributed by atoms with E-state index >= 15 is 0 Å². The summed E-state index contributed by atoms with van der Waals surface area (Å²) in [4.78, 5) is 28.0. The van der Waals surface area contributed by atoms with Gasteiger partial charge in [-0.15, -0.1) is 0 Å². The largest absolute Gasteiger partial charge is 0.480 e. The Balaban J connectivity index is 1.65. The lowest BCUT2D eigenvalue weighted by atomic mass is 9.93. The fourth-order valence-electron chi connectivity index (χ4n) is 6.04. The zero-order valence-electron chi connectivity index (χ0n) is 24.8. The number of nitrogens with one attached hydrogen (secondary N) is 1. The summed E-state index contributed by atoms with van der Waals surface area (Å²) in [6.07, 6.45) is 6.43. The molecule has 3 aromatic carbocycles. The van der Waals surface area contributed by atoms with Crippen LogP contribution in [0.5, 0.6) is 0 Å². The fourth-order valence-corrected chi connectivity index (χ4v) is 6.71. The second-order valence-corrected chi connectivity index (χ2v) is 13.8. The Bertz CT molecular complexity index is 1490. The van der Waals surface area contributed by atoms with Gasteiger partial charge in [-0.3, -0.25) is 9.69 Å². The minimum atomic E-state index is -3.38. The van der Waals surface area contributed by atoms with Crippen molar-refractivity contribution in [3.05, 3.63) is 95.1 Å². The van der Waals surface area contributed by atoms with Crippen LogP contribution < -0.4 is 5.32 Å². The summed E-state index contributed by atoms with van der Waals surface area (Å²) in [6, 6.07) is 23.9. The number of amides is 1. The number of aryl methyl sites for hydroxylation is 1. The standard InChI is InChI=1S/C34H42N2O5S/c1-4-10-27-16-17-28(21-25-12-6-5-7-13-25)36(27)23-26-15-18-30(31(22-26)29-14-9-8-11-24(29)2)33(37)35-32(34(38)39)19-20-42(3,40)41/h5-9,11-15,18,22,27-28,32H,4,10,16-17,19-21,23H2,1-3H3,(H,35,37)(H,38,39)/t27-,28-,32?/m0/s1. The van der Waals surface area contributed by atoms with Crippen LogP contribution in [0.4, 0.5) is 0 Å². The maximum atomic E-state index is 13.5. The molecule has 2 N–H and O–H groups in total. The van der Waals surface area contributed by atoms with Gasteiger partial charge in [0.05, 0.1) is 5.75 Å². The molecule has 4 rings (SSSR count). The fraction of sp³-hybridized carbons (Fsp3) is 0.412. The number of carboxylic acids is 1. The first-order valence-corrected chi connectivity index (χ1v) is 16.8. The van der Waals surface area contributed by atoms with E-state index in [2.05, 4.69) is 47.5 Å². The van der Waals surface area contributed by atoms with E-state index in [4.69, 9.17) is 0 Å². The number of aliphatic carboxylic acids is 1. The van der Waals surface area contributed by atoms with Crippen molar-refractivity contribution >= 4 is 21.7 Å². The van der Waals surface area contributed by atoms with Crippen LogP contribution in [-0.2, 0) is 27.6 Å². The smallest absolute Gasteiger partial charge is 0.326 e. The van der Waals surface area contributed by atoms with E-state index < -0.39 is 27.8 Å². The van der Waals surface area contributed by atoms with Gasteiger partial charge in [-0.1, -0.05) is 74.0 Å². The summed E-state index contributed by atoms with van der Waals surface area (Å²) in [7, 11) is -3.38. The lowest BCUT2D eigenvalue weighted by molar-refractivity contribution is -0.139. The van der Waals surface area contributed by atoms with Gasteiger partial charge in [-0.2, -0.15) is 0 Å². The first kappa shape index (κ1) is 31.4. The molecule has 1 aliphatic heterocycles. The Morgan fingerprint density at radius 2 is 1.64 bits per heavy atom. The van der Waals surface area contributed by atoms with Crippen molar-refractivity contribution in [3.63, 3.8) is 0 Å². The van der Waals surface area contributed by atoms with Gasteiger partial charge in [0.25, 0.3) is 5.91 Å². The summed E-state index contributed by atoms with van der Waals surface area (Å²) in [5.41, 5.74) is 5.44. The second kappa shape index (κ2) is 14.1. The molecule has 1 aliphatic rings. The van der Waals surface area contributed by atoms with Crippen LogP contribution in [0.3, 0.4) is 0 Å². The van der Waals surface area contributed by atoms with Crippen LogP contribution in [0.2, 0.25) is 0 Å². The number of carbonyl (C=O) groups excluding carboxylic acids is 1. The Morgan fingerprint density at radius 3 is 2.31 bits per heavy atom. The lowest BCUT2D eigenvalue weighted by Gasteiger charge is -2.31. The van der Waals surface area contributed by atoms with Crippen LogP contribution in [0.1, 0.15) is 66.1 Å². The van der Waals surface area contributed by atoms with E-state index in [1.54, 1.807) is 6.07 Å². The van der Waals surface area contributed by atoms with E-state index in [0.29, 0.717) is 17.6 Å². The molecule has 3 atom stereocenters. The third-order valence-electron chi connectivity index (χ3n) is 8.22. The van der Waals surface area contributed by atoms with Gasteiger partial charge < -0.3 is 10.4 Å². The van der Waals surface area contributed by atoms with Gasteiger partial charge in [-0.25, -0.2) is 13.2 Å². The molecule has 8 heteroatoms. The summed E-state index contributed by atoms with van der Waals surface area (Å²) in [5.74, 6) is -2.12. The van der Waals surface area contributed by atoms with Crippen LogP contribution >= 0.6 is 0 Å². The van der Waals surface area contributed by atoms with E-state index in [1.807, 2.05) is 43.3 Å². The minimum Gasteiger partial charge on any atom is -0.480 e. The number of rotatable bonds is 13. The van der Waals surface area contributed by atoms with Crippen molar-refractivity contribution in [3.8, 4) is 11.1 Å². The summed E-state index contributed by atoms with van der Waals surface area (Å²) in [5, 5.41) is 12.3. The molecule has 1 saturated heterocycles. The number of carbonyl (C=O) groups is 2. The Labute approximate surface area is 249 Å². The SMILES string of the molecule is CCC[C@H]1CC[C@@H](Cc2ccccc2)N1Cc1ccc(C(=O)NC(CCS(C)(=O)=O)C(=O)O)c(-c2ccccc2C)c1. The van der Waals surface area contributed by atoms with Gasteiger partial charge in [0.2, 0.25) is 0 Å². The second-order valence-electron chi connectivity index (χ2n) is 11.5. The zero-order valence-corrected chi connectivity index (χ0v) is 25.6. The highest BCUT2D eigenvalue weighted by Crippen LogP contribution is 2.33. The third-order valence-corrected chi connectivity index (χ3v) is 9.19. The molecular weight excluding hydrogens is 548 g/mol. The number of nitrogens with zero attached hydrogens (tertiary/aromatic N) is 1. The first-order chi connectivity index (χ1) is 20.1. The molecule has 7 nitrogen and oxygen atoms in total. The lowest BCUT2D eigenvalue weighted by Crippen LogP contribution is -2.42. The molecular formula is C34H42N2O5S. The average molecular weight is 591 g/mol. The number of hydrogen-bond acceptors (Lipinski definition) is 5. The minimum absolute atomic E-state index is 0.200. The highest BCUT2D eigenvalue weighted by Gasteiger charge is 2.33. The predicted molar refractivity (Wildman–Crippen MR) is 167 cm³/mol. The maximum absolute atomic E-state index is 13.5. The zero-order chi connectivity index (χ0) is 30.3. The molecule has 0 bridgehead atoms. The van der Waals surface area contributed by atoms with Crippen LogP contribution in [0.15, 0.2) is 72.8 Å². The maximum Gasteiger partial charge on any atom is 0.326 e. The highest BCUT2D eigenvalue weighted by atomic mass is 32.2. The normalized spacial score (nSPS) is 18.1. The Kier molecular flexibility index (Phi) is 10.6. The summed E-state index contributed by atoms with van der Waals surface area (Å²) in [6.45, 7) is 4.98. The monoisotopic (exact) mass is 590 g/mol. The van der Waals surface area contributed by atoms with Crippen LogP contribution in [0, 0.1) is 6.92 Å². The number of carboxylic acid groups (broad SMARTS) is 1. The van der Waals surface area contributed by atoms with E-state index in [-0.39, 0.29) is 12.2 Å². The van der Waals surface area contributed by atoms with Crippen molar-refractivity contribution in [2.75, 3.05) is 12.0 Å². The van der Waals surface area contributed by atoms with Crippen LogP contribution in [0.25, 0.3) is 11.1 Å². The van der Waals surface area contributed by atoms with Gasteiger partial charge >= 0.3 is 5.97 Å². The van der Waals surface area contributed by atoms with Crippen LogP contribution in [-0.4, -0.2) is 60.4 Å². The molecule has 0 spiro atoms. The Morgan fingerprint density at radius 1 is 0.952 bits per heavy atom. The number of sulfone groups is 1. The van der Waals surface area contributed by atoms with Gasteiger partial charge in [0.1, 0.15) is 15.9 Å². The van der Waals surface area contributed by atoms with E-state index in [1.165, 1.54) is 12.0 Å². The quantitative estimate of drug-likeness (QED) is 0.267. The third kappa shape index (κ3) is 8.29. The Hall–Kier alpha value is -3.49. The molecule has 1 heterocycles. The van der Waals surface area contributed by atoms with Crippen molar-refractivity contribution < 1.29 is 23.1 Å². The molecule has 0 saturated carbocycles. The van der Waals surface area contributed by atoms with Gasteiger partial charge in [0.15, 0.2) is 0 Å². The van der Waals surface area contributed by atoms with Crippen molar-refractivity contribution in [1.82, 2.24) is 10.2 Å². The summed E-state index contributed by atoms with van der Waals surface area (Å²) >= 11 is 0. The topological polar surface area (TPSA) is 104 Å². The molecule has 1 unspecified atom stereocenters. The number of hydrogen-bond donors (Lipinski definition) is 2. The molecule has 42 heavy (non-hydrogen) atoms. The molecule has 1 amide bonds. The number of likely N-dealkylation sites (tertiary alicyclic amines) is 1. The summed E-state index contributed by atoms with van der Waals surface area (Å²) < 4.78 is 23.3. The molecule has 0 radical (unpaired) electrons. The highest BCUT2D eigenvalue weighted by molar-refractivity contribution is 7.90. The molecule has 224 valence electrons. The first-order valence-electron chi connectivity index (χ1n) is 14.8. The molecule has 1 fully saturated rings. The van der Waals surface area contributed by atoms with E-state index in [9.17, 15) is 23.1 Å². The van der Waals surface area contributed by atoms with Crippen molar-refractivity contribution in [2.24, 2.45) is 0 Å². The predicted octanol–water partition coefficient (Wildman–Crippen LogP) is 5.66. The van der Waals surface area contributed by atoms with E-state index in [0.717, 1.165) is 60.7 Å². The number of benzene rings is 3. The van der Waals surface area contributed by atoms with Crippen molar-refractivity contribution in [2.45, 2.75) is 77.0 Å². The molecule has 3 aromatic rings. The molecule has 0 aliphatic carbocycles. The average Bonchev–Trinajstić information content (AvgIpc) is 3.31. The van der Waals surface area contributed by atoms with Gasteiger partial charge in [0, 0.05) is 30.4 Å². The van der Waals surface area contributed by atoms with Crippen molar-refractivity contribution in [1.29, 1.82) is 0 Å². The van der Waals surface area contributed by atoms with Gasteiger partial charge in [-0.05, 0) is 79.0 Å². The molecule has 0 aromatic heterocycles.